The molecule has 2 amide bonds. The second kappa shape index (κ2) is 6.59. The molecule has 0 spiro atoms. The number of rotatable bonds is 4. The van der Waals surface area contributed by atoms with E-state index in [1.165, 1.54) is 0 Å². The highest BCUT2D eigenvalue weighted by Gasteiger charge is 2.23. The standard InChI is InChI=1S/C19H18N2O5/c1-11-19(23)21-14-9-13(4-6-15(14)26-11)20-18(22)7-3-12-2-5-16-17(8-12)25-10-24-16/h2,4-6,8-9,11H,3,7,10H2,1H3,(H,20,22)(H,21,23)/t11-/m0/s1. The van der Waals surface area contributed by atoms with Gasteiger partial charge < -0.3 is 24.8 Å². The summed E-state index contributed by atoms with van der Waals surface area (Å²) in [7, 11) is 0. The van der Waals surface area contributed by atoms with Gasteiger partial charge >= 0.3 is 0 Å². The zero-order valence-corrected chi connectivity index (χ0v) is 14.2. The van der Waals surface area contributed by atoms with Crippen LogP contribution in [0.1, 0.15) is 18.9 Å². The smallest absolute Gasteiger partial charge is 0.265 e. The first-order valence-electron chi connectivity index (χ1n) is 8.38. The lowest BCUT2D eigenvalue weighted by Gasteiger charge is -2.23. The van der Waals surface area contributed by atoms with Crippen molar-refractivity contribution < 1.29 is 23.8 Å². The molecule has 2 aliphatic rings. The molecule has 0 saturated heterocycles. The lowest BCUT2D eigenvalue weighted by atomic mass is 10.1. The van der Waals surface area contributed by atoms with E-state index in [1.807, 2.05) is 18.2 Å². The van der Waals surface area contributed by atoms with Gasteiger partial charge in [-0.25, -0.2) is 0 Å². The number of carbonyl (C=O) groups is 2. The van der Waals surface area contributed by atoms with Crippen LogP contribution in [0.5, 0.6) is 17.2 Å². The number of nitrogens with one attached hydrogen (secondary N) is 2. The van der Waals surface area contributed by atoms with Gasteiger partial charge in [0.25, 0.3) is 5.91 Å². The number of hydrogen-bond donors (Lipinski definition) is 2. The minimum atomic E-state index is -0.523. The van der Waals surface area contributed by atoms with Gasteiger partial charge in [0.05, 0.1) is 5.69 Å². The van der Waals surface area contributed by atoms with E-state index < -0.39 is 6.10 Å². The number of amides is 2. The summed E-state index contributed by atoms with van der Waals surface area (Å²) < 4.78 is 16.1. The molecular formula is C19H18N2O5. The van der Waals surface area contributed by atoms with E-state index >= 15 is 0 Å². The number of aryl methyl sites for hydroxylation is 1. The molecule has 2 heterocycles. The molecule has 0 aromatic heterocycles. The van der Waals surface area contributed by atoms with Crippen LogP contribution in [-0.4, -0.2) is 24.7 Å². The summed E-state index contributed by atoms with van der Waals surface area (Å²) in [6.07, 6.45) is 0.395. The van der Waals surface area contributed by atoms with Crippen LogP contribution >= 0.6 is 0 Å². The van der Waals surface area contributed by atoms with Crippen LogP contribution < -0.4 is 24.8 Å². The molecule has 0 fully saturated rings. The van der Waals surface area contributed by atoms with Crippen molar-refractivity contribution >= 4 is 23.2 Å². The Morgan fingerprint density at radius 2 is 1.96 bits per heavy atom. The number of hydrogen-bond acceptors (Lipinski definition) is 5. The van der Waals surface area contributed by atoms with Gasteiger partial charge in [-0.05, 0) is 49.2 Å². The van der Waals surface area contributed by atoms with E-state index in [4.69, 9.17) is 14.2 Å². The largest absolute Gasteiger partial charge is 0.479 e. The highest BCUT2D eigenvalue weighted by molar-refractivity contribution is 5.99. The Morgan fingerprint density at radius 1 is 1.15 bits per heavy atom. The second-order valence-corrected chi connectivity index (χ2v) is 6.20. The van der Waals surface area contributed by atoms with Crippen molar-refractivity contribution in [3.8, 4) is 17.2 Å². The van der Waals surface area contributed by atoms with Crippen molar-refractivity contribution in [1.29, 1.82) is 0 Å². The van der Waals surface area contributed by atoms with Crippen LogP contribution in [0, 0.1) is 0 Å². The van der Waals surface area contributed by atoms with Gasteiger partial charge in [-0.1, -0.05) is 6.07 Å². The third-order valence-electron chi connectivity index (χ3n) is 4.27. The topological polar surface area (TPSA) is 85.9 Å². The Hall–Kier alpha value is -3.22. The monoisotopic (exact) mass is 354 g/mol. The maximum absolute atomic E-state index is 12.2. The number of benzene rings is 2. The zero-order valence-electron chi connectivity index (χ0n) is 14.2. The van der Waals surface area contributed by atoms with Crippen LogP contribution in [0.3, 0.4) is 0 Å². The van der Waals surface area contributed by atoms with Gasteiger partial charge in [0.1, 0.15) is 5.75 Å². The van der Waals surface area contributed by atoms with E-state index in [-0.39, 0.29) is 18.6 Å². The van der Waals surface area contributed by atoms with Crippen molar-refractivity contribution in [2.24, 2.45) is 0 Å². The molecule has 0 saturated carbocycles. The SMILES string of the molecule is C[C@@H]1Oc2ccc(NC(=O)CCc3ccc4c(c3)OCO4)cc2NC1=O. The Balaban J connectivity index is 1.36. The third-order valence-corrected chi connectivity index (χ3v) is 4.27. The van der Waals surface area contributed by atoms with Crippen LogP contribution in [0.15, 0.2) is 36.4 Å². The Kier molecular flexibility index (Phi) is 4.12. The molecule has 7 nitrogen and oxygen atoms in total. The maximum atomic E-state index is 12.2. The first kappa shape index (κ1) is 16.3. The van der Waals surface area contributed by atoms with Gasteiger partial charge in [0.2, 0.25) is 12.7 Å². The van der Waals surface area contributed by atoms with E-state index in [2.05, 4.69) is 10.6 Å². The molecule has 1 atom stereocenters. The summed E-state index contributed by atoms with van der Waals surface area (Å²) in [5.74, 6) is 1.71. The molecule has 0 unspecified atom stereocenters. The molecule has 2 N–H and O–H groups in total. The zero-order chi connectivity index (χ0) is 18.1. The number of carbonyl (C=O) groups excluding carboxylic acids is 2. The maximum Gasteiger partial charge on any atom is 0.265 e. The molecular weight excluding hydrogens is 336 g/mol. The quantitative estimate of drug-likeness (QED) is 0.882. The van der Waals surface area contributed by atoms with Crippen molar-refractivity contribution in [1.82, 2.24) is 0 Å². The van der Waals surface area contributed by atoms with Crippen LogP contribution in [0.25, 0.3) is 0 Å². The predicted molar refractivity (Wildman–Crippen MR) is 94.7 cm³/mol. The third kappa shape index (κ3) is 3.28. The lowest BCUT2D eigenvalue weighted by molar-refractivity contribution is -0.122. The Morgan fingerprint density at radius 3 is 2.85 bits per heavy atom. The number of fused-ring (bicyclic) bond motifs is 2. The van der Waals surface area contributed by atoms with Crippen molar-refractivity contribution in [3.05, 3.63) is 42.0 Å². The fourth-order valence-corrected chi connectivity index (χ4v) is 2.86. The lowest BCUT2D eigenvalue weighted by Crippen LogP contribution is -2.34. The van der Waals surface area contributed by atoms with E-state index in [9.17, 15) is 9.59 Å². The van der Waals surface area contributed by atoms with Crippen LogP contribution in [0.4, 0.5) is 11.4 Å². The highest BCUT2D eigenvalue weighted by atomic mass is 16.7. The number of anilines is 2. The van der Waals surface area contributed by atoms with E-state index in [0.29, 0.717) is 35.7 Å². The molecule has 2 aromatic rings. The first-order valence-corrected chi connectivity index (χ1v) is 8.38. The van der Waals surface area contributed by atoms with Gasteiger partial charge in [-0.2, -0.15) is 0 Å². The van der Waals surface area contributed by atoms with Crippen LogP contribution in [0.2, 0.25) is 0 Å². The molecule has 0 radical (unpaired) electrons. The first-order chi connectivity index (χ1) is 12.6. The van der Waals surface area contributed by atoms with Gasteiger partial charge in [0, 0.05) is 12.1 Å². The van der Waals surface area contributed by atoms with Crippen LogP contribution in [-0.2, 0) is 16.0 Å². The minimum absolute atomic E-state index is 0.112. The normalized spacial score (nSPS) is 17.1. The fraction of sp³-hybridized carbons (Fsp3) is 0.263. The molecule has 2 aliphatic heterocycles. The minimum Gasteiger partial charge on any atom is -0.479 e. The average molecular weight is 354 g/mol. The molecule has 4 rings (SSSR count). The van der Waals surface area contributed by atoms with Crippen molar-refractivity contribution in [3.63, 3.8) is 0 Å². The van der Waals surface area contributed by atoms with Gasteiger partial charge in [-0.3, -0.25) is 9.59 Å². The average Bonchev–Trinajstić information content (AvgIpc) is 3.09. The predicted octanol–water partition coefficient (Wildman–Crippen LogP) is 2.71. The molecule has 26 heavy (non-hydrogen) atoms. The number of ether oxygens (including phenoxy) is 3. The van der Waals surface area contributed by atoms with Crippen molar-refractivity contribution in [2.45, 2.75) is 25.9 Å². The summed E-state index contributed by atoms with van der Waals surface area (Å²) in [6, 6.07) is 10.8. The molecule has 134 valence electrons. The Bertz CT molecular complexity index is 880. The fourth-order valence-electron chi connectivity index (χ4n) is 2.86. The molecule has 0 aliphatic carbocycles. The highest BCUT2D eigenvalue weighted by Crippen LogP contribution is 2.33. The molecule has 0 bridgehead atoms. The van der Waals surface area contributed by atoms with Gasteiger partial charge in [-0.15, -0.1) is 0 Å². The van der Waals surface area contributed by atoms with Crippen molar-refractivity contribution in [2.75, 3.05) is 17.4 Å². The molecule has 7 heteroatoms. The second-order valence-electron chi connectivity index (χ2n) is 6.20. The molecule has 2 aromatic carbocycles. The Labute approximate surface area is 150 Å². The summed E-state index contributed by atoms with van der Waals surface area (Å²) in [5, 5.41) is 5.60. The van der Waals surface area contributed by atoms with E-state index in [0.717, 1.165) is 11.3 Å². The van der Waals surface area contributed by atoms with Gasteiger partial charge in [0.15, 0.2) is 17.6 Å². The summed E-state index contributed by atoms with van der Waals surface area (Å²) in [4.78, 5) is 23.9. The summed E-state index contributed by atoms with van der Waals surface area (Å²) in [6.45, 7) is 1.92. The summed E-state index contributed by atoms with van der Waals surface area (Å²) >= 11 is 0. The van der Waals surface area contributed by atoms with E-state index in [1.54, 1.807) is 25.1 Å². The summed E-state index contributed by atoms with van der Waals surface area (Å²) in [5.41, 5.74) is 2.17.